The zero-order valence-corrected chi connectivity index (χ0v) is 10.9. The van der Waals surface area contributed by atoms with Crippen molar-refractivity contribution in [2.75, 3.05) is 13.2 Å². The average Bonchev–Trinajstić information content (AvgIpc) is 2.41. The minimum absolute atomic E-state index is 0.0983. The molecule has 0 aromatic carbocycles. The number of ether oxygens (including phenoxy) is 1. The molecule has 2 N–H and O–H groups in total. The van der Waals surface area contributed by atoms with Crippen LogP contribution in [-0.4, -0.2) is 35.5 Å². The molecule has 2 fully saturated rings. The Balaban J connectivity index is 2.02. The highest BCUT2D eigenvalue weighted by atomic mass is 16.5. The molecule has 0 spiro atoms. The lowest BCUT2D eigenvalue weighted by molar-refractivity contribution is -0.169. The molecule has 2 rings (SSSR count). The molecular weight excluding hydrogens is 232 g/mol. The van der Waals surface area contributed by atoms with Gasteiger partial charge in [0, 0.05) is 13.2 Å². The quantitative estimate of drug-likeness (QED) is 0.809. The molecule has 0 radical (unpaired) electrons. The Hall–Kier alpha value is -0.610. The van der Waals surface area contributed by atoms with Gasteiger partial charge in [0.15, 0.2) is 0 Å². The number of carbonyl (C=O) groups is 1. The molecule has 104 valence electrons. The van der Waals surface area contributed by atoms with Crippen LogP contribution in [0.15, 0.2) is 0 Å². The van der Waals surface area contributed by atoms with Gasteiger partial charge in [-0.1, -0.05) is 0 Å². The van der Waals surface area contributed by atoms with Crippen LogP contribution in [0.2, 0.25) is 0 Å². The first kappa shape index (κ1) is 13.8. The van der Waals surface area contributed by atoms with Gasteiger partial charge in [-0.25, -0.2) is 0 Å². The molecule has 1 aliphatic heterocycles. The Kier molecular flexibility index (Phi) is 4.62. The molecule has 1 saturated heterocycles. The van der Waals surface area contributed by atoms with Gasteiger partial charge in [-0.15, -0.1) is 0 Å². The lowest BCUT2D eigenvalue weighted by atomic mass is 9.65. The predicted octanol–water partition coefficient (Wildman–Crippen LogP) is 2.20. The van der Waals surface area contributed by atoms with E-state index < -0.39 is 11.4 Å². The van der Waals surface area contributed by atoms with Gasteiger partial charge in [-0.2, -0.15) is 0 Å². The number of rotatable bonds is 4. The van der Waals surface area contributed by atoms with Crippen LogP contribution in [0, 0.1) is 11.3 Å². The van der Waals surface area contributed by atoms with E-state index in [9.17, 15) is 9.90 Å². The lowest BCUT2D eigenvalue weighted by Gasteiger charge is -2.43. The number of hydrogen-bond acceptors (Lipinski definition) is 3. The van der Waals surface area contributed by atoms with E-state index in [4.69, 9.17) is 9.84 Å². The van der Waals surface area contributed by atoms with Crippen LogP contribution in [0.1, 0.15) is 51.4 Å². The van der Waals surface area contributed by atoms with Gasteiger partial charge >= 0.3 is 5.97 Å². The van der Waals surface area contributed by atoms with Crippen molar-refractivity contribution in [1.29, 1.82) is 0 Å². The molecule has 4 heteroatoms. The van der Waals surface area contributed by atoms with Crippen LogP contribution in [-0.2, 0) is 9.53 Å². The summed E-state index contributed by atoms with van der Waals surface area (Å²) in [5.41, 5.74) is -0.660. The maximum absolute atomic E-state index is 11.7. The van der Waals surface area contributed by atoms with Crippen molar-refractivity contribution in [3.05, 3.63) is 0 Å². The van der Waals surface area contributed by atoms with Crippen LogP contribution < -0.4 is 0 Å². The highest BCUT2D eigenvalue weighted by Gasteiger charge is 2.48. The summed E-state index contributed by atoms with van der Waals surface area (Å²) in [6.45, 7) is 0.921. The number of hydrogen-bond donors (Lipinski definition) is 2. The lowest BCUT2D eigenvalue weighted by Crippen LogP contribution is -2.47. The van der Waals surface area contributed by atoms with Gasteiger partial charge in [-0.05, 0) is 57.3 Å². The Morgan fingerprint density at radius 3 is 2.44 bits per heavy atom. The van der Waals surface area contributed by atoms with Crippen molar-refractivity contribution in [2.24, 2.45) is 11.3 Å². The zero-order valence-electron chi connectivity index (χ0n) is 10.9. The van der Waals surface area contributed by atoms with Crippen LogP contribution in [0.25, 0.3) is 0 Å². The van der Waals surface area contributed by atoms with Crippen molar-refractivity contribution < 1.29 is 19.7 Å². The molecule has 0 bridgehead atoms. The fraction of sp³-hybridized carbons (Fsp3) is 0.929. The second-order valence-corrected chi connectivity index (χ2v) is 5.77. The number of aliphatic hydroxyl groups is 1. The molecule has 2 aliphatic rings. The smallest absolute Gasteiger partial charge is 0.312 e. The van der Waals surface area contributed by atoms with Crippen molar-refractivity contribution in [2.45, 2.75) is 57.5 Å². The summed E-state index contributed by atoms with van der Waals surface area (Å²) in [6, 6.07) is 0. The van der Waals surface area contributed by atoms with Crippen LogP contribution in [0.5, 0.6) is 0 Å². The third-order valence-electron chi connectivity index (χ3n) is 4.76. The normalized spacial score (nSPS) is 37.4. The number of carboxylic acids is 1. The Bertz CT molecular complexity index is 276. The highest BCUT2D eigenvalue weighted by molar-refractivity contribution is 5.75. The van der Waals surface area contributed by atoms with Gasteiger partial charge in [0.05, 0.1) is 11.5 Å². The molecule has 1 heterocycles. The van der Waals surface area contributed by atoms with E-state index >= 15 is 0 Å². The Morgan fingerprint density at radius 1 is 1.22 bits per heavy atom. The zero-order chi connectivity index (χ0) is 13.0. The molecule has 4 nitrogen and oxygen atoms in total. The first-order chi connectivity index (χ1) is 8.69. The SMILES string of the molecule is O=C(O)C1([C@@H]2CCCCO2)CCC(CCO)CC1. The van der Waals surface area contributed by atoms with E-state index in [2.05, 4.69) is 0 Å². The summed E-state index contributed by atoms with van der Waals surface area (Å²) in [5, 5.41) is 18.6. The molecule has 0 aromatic heterocycles. The van der Waals surface area contributed by atoms with E-state index in [0.717, 1.165) is 38.5 Å². The predicted molar refractivity (Wildman–Crippen MR) is 67.3 cm³/mol. The van der Waals surface area contributed by atoms with Crippen molar-refractivity contribution in [3.63, 3.8) is 0 Å². The van der Waals surface area contributed by atoms with E-state index in [1.807, 2.05) is 0 Å². The monoisotopic (exact) mass is 256 g/mol. The Labute approximate surface area is 108 Å². The van der Waals surface area contributed by atoms with Crippen molar-refractivity contribution >= 4 is 5.97 Å². The summed E-state index contributed by atoms with van der Waals surface area (Å²) < 4.78 is 5.75. The van der Waals surface area contributed by atoms with E-state index in [1.54, 1.807) is 0 Å². The second-order valence-electron chi connectivity index (χ2n) is 5.77. The number of aliphatic carboxylic acids is 1. The first-order valence-electron chi connectivity index (χ1n) is 7.15. The summed E-state index contributed by atoms with van der Waals surface area (Å²) >= 11 is 0. The van der Waals surface area contributed by atoms with Gasteiger partial charge in [-0.3, -0.25) is 4.79 Å². The van der Waals surface area contributed by atoms with Crippen molar-refractivity contribution in [3.8, 4) is 0 Å². The fourth-order valence-corrected chi connectivity index (χ4v) is 3.51. The topological polar surface area (TPSA) is 66.8 Å². The Morgan fingerprint density at radius 2 is 1.94 bits per heavy atom. The minimum Gasteiger partial charge on any atom is -0.481 e. The average molecular weight is 256 g/mol. The molecule has 1 aliphatic carbocycles. The number of carboxylic acid groups (broad SMARTS) is 1. The molecular formula is C14H24O4. The van der Waals surface area contributed by atoms with Crippen LogP contribution in [0.4, 0.5) is 0 Å². The van der Waals surface area contributed by atoms with Crippen LogP contribution >= 0.6 is 0 Å². The summed E-state index contributed by atoms with van der Waals surface area (Å²) in [6.07, 6.45) is 6.96. The molecule has 0 unspecified atom stereocenters. The van der Waals surface area contributed by atoms with Crippen molar-refractivity contribution in [1.82, 2.24) is 0 Å². The second kappa shape index (κ2) is 6.02. The van der Waals surface area contributed by atoms with Gasteiger partial charge < -0.3 is 14.9 Å². The van der Waals surface area contributed by atoms with E-state index in [0.29, 0.717) is 25.4 Å². The minimum atomic E-state index is -0.683. The van der Waals surface area contributed by atoms with Crippen LogP contribution in [0.3, 0.4) is 0 Å². The summed E-state index contributed by atoms with van der Waals surface area (Å²) in [4.78, 5) is 11.7. The standard InChI is InChI=1S/C14H24O4/c15-9-6-11-4-7-14(8-5-11,13(16)17)12-3-1-2-10-18-12/h11-12,15H,1-10H2,(H,16,17)/t11?,12-,14?/m0/s1. The number of aliphatic hydroxyl groups excluding tert-OH is 1. The molecule has 18 heavy (non-hydrogen) atoms. The third kappa shape index (κ3) is 2.69. The largest absolute Gasteiger partial charge is 0.481 e. The highest BCUT2D eigenvalue weighted by Crippen LogP contribution is 2.46. The van der Waals surface area contributed by atoms with E-state index in [1.165, 1.54) is 0 Å². The summed E-state index contributed by atoms with van der Waals surface area (Å²) in [5.74, 6) is -0.192. The first-order valence-corrected chi connectivity index (χ1v) is 7.15. The molecule has 0 amide bonds. The fourth-order valence-electron chi connectivity index (χ4n) is 3.51. The molecule has 0 aromatic rings. The van der Waals surface area contributed by atoms with E-state index in [-0.39, 0.29) is 12.7 Å². The van der Waals surface area contributed by atoms with Gasteiger partial charge in [0.2, 0.25) is 0 Å². The third-order valence-corrected chi connectivity index (χ3v) is 4.76. The molecule has 1 atom stereocenters. The summed E-state index contributed by atoms with van der Waals surface area (Å²) in [7, 11) is 0. The van der Waals surface area contributed by atoms with Gasteiger partial charge in [0.25, 0.3) is 0 Å². The maximum atomic E-state index is 11.7. The maximum Gasteiger partial charge on any atom is 0.312 e. The molecule has 1 saturated carbocycles. The van der Waals surface area contributed by atoms with Gasteiger partial charge in [0.1, 0.15) is 0 Å².